The summed E-state index contributed by atoms with van der Waals surface area (Å²) in [5.74, 6) is 0.733. The Hall–Kier alpha value is -0.860. The second kappa shape index (κ2) is 8.55. The molecule has 21 heavy (non-hydrogen) atoms. The maximum atomic E-state index is 3.65. The molecule has 1 aromatic rings. The van der Waals surface area contributed by atoms with Gasteiger partial charge in [0.15, 0.2) is 0 Å². The minimum Gasteiger partial charge on any atom is -0.316 e. The van der Waals surface area contributed by atoms with Crippen LogP contribution in [0.3, 0.4) is 0 Å². The average molecular weight is 288 g/mol. The largest absolute Gasteiger partial charge is 0.316 e. The molecule has 0 saturated carbocycles. The zero-order valence-corrected chi connectivity index (χ0v) is 14.1. The van der Waals surface area contributed by atoms with Gasteiger partial charge in [-0.3, -0.25) is 4.90 Å². The van der Waals surface area contributed by atoms with Gasteiger partial charge in [-0.1, -0.05) is 44.5 Å². The average Bonchev–Trinajstić information content (AvgIpc) is 2.69. The van der Waals surface area contributed by atoms with Crippen LogP contribution in [-0.2, 0) is 6.42 Å². The molecule has 1 N–H and O–H groups in total. The Morgan fingerprint density at radius 1 is 1.14 bits per heavy atom. The summed E-state index contributed by atoms with van der Waals surface area (Å²) in [5, 5.41) is 3.65. The third kappa shape index (κ3) is 4.55. The zero-order chi connectivity index (χ0) is 15.1. The molecule has 0 aromatic heterocycles. The molecule has 2 atom stereocenters. The summed E-state index contributed by atoms with van der Waals surface area (Å²) < 4.78 is 0. The summed E-state index contributed by atoms with van der Waals surface area (Å²) in [4.78, 5) is 2.58. The van der Waals surface area contributed by atoms with Crippen LogP contribution in [0.1, 0.15) is 56.7 Å². The van der Waals surface area contributed by atoms with E-state index in [1.807, 2.05) is 0 Å². The molecule has 0 aliphatic carbocycles. The number of likely N-dealkylation sites (tertiary alicyclic amines) is 1. The SMILES string of the molecule is CCCNCC1CCCCN(C)C1c1ccc(CC)cc1. The van der Waals surface area contributed by atoms with Crippen molar-refractivity contribution in [2.45, 2.75) is 52.0 Å². The molecular weight excluding hydrogens is 256 g/mol. The van der Waals surface area contributed by atoms with Crippen molar-refractivity contribution in [3.63, 3.8) is 0 Å². The van der Waals surface area contributed by atoms with Crippen molar-refractivity contribution in [3.05, 3.63) is 35.4 Å². The van der Waals surface area contributed by atoms with E-state index >= 15 is 0 Å². The van der Waals surface area contributed by atoms with Gasteiger partial charge in [0, 0.05) is 6.04 Å². The first-order valence-electron chi connectivity index (χ1n) is 8.76. The smallest absolute Gasteiger partial charge is 0.0385 e. The molecule has 0 bridgehead atoms. The van der Waals surface area contributed by atoms with Crippen molar-refractivity contribution in [1.29, 1.82) is 0 Å². The van der Waals surface area contributed by atoms with E-state index in [2.05, 4.69) is 55.4 Å². The third-order valence-corrected chi connectivity index (χ3v) is 4.82. The van der Waals surface area contributed by atoms with Crippen molar-refractivity contribution < 1.29 is 0 Å². The molecule has 1 saturated heterocycles. The Morgan fingerprint density at radius 2 is 1.90 bits per heavy atom. The molecule has 2 unspecified atom stereocenters. The predicted molar refractivity (Wildman–Crippen MR) is 91.7 cm³/mol. The van der Waals surface area contributed by atoms with Crippen LogP contribution in [0.25, 0.3) is 0 Å². The van der Waals surface area contributed by atoms with Crippen molar-refractivity contribution in [2.24, 2.45) is 5.92 Å². The van der Waals surface area contributed by atoms with E-state index in [1.54, 1.807) is 0 Å². The standard InChI is InChI=1S/C19H32N2/c1-4-13-20-15-18-8-6-7-14-21(3)19(18)17-11-9-16(5-2)10-12-17/h9-12,18-20H,4-8,13-15H2,1-3H3. The molecule has 2 rings (SSSR count). The zero-order valence-electron chi connectivity index (χ0n) is 14.1. The van der Waals surface area contributed by atoms with E-state index in [-0.39, 0.29) is 0 Å². The first kappa shape index (κ1) is 16.5. The highest BCUT2D eigenvalue weighted by Gasteiger charge is 2.28. The van der Waals surface area contributed by atoms with E-state index in [0.29, 0.717) is 6.04 Å². The summed E-state index contributed by atoms with van der Waals surface area (Å²) in [6.45, 7) is 7.99. The van der Waals surface area contributed by atoms with E-state index in [9.17, 15) is 0 Å². The molecule has 118 valence electrons. The van der Waals surface area contributed by atoms with Gasteiger partial charge in [-0.05, 0) is 69.4 Å². The van der Waals surface area contributed by atoms with E-state index < -0.39 is 0 Å². The normalized spacial score (nSPS) is 24.0. The number of nitrogens with zero attached hydrogens (tertiary/aromatic N) is 1. The van der Waals surface area contributed by atoms with Crippen LogP contribution >= 0.6 is 0 Å². The van der Waals surface area contributed by atoms with Crippen LogP contribution in [0.15, 0.2) is 24.3 Å². The second-order valence-electron chi connectivity index (χ2n) is 6.48. The number of aryl methyl sites for hydroxylation is 1. The van der Waals surface area contributed by atoms with E-state index in [4.69, 9.17) is 0 Å². The predicted octanol–water partition coefficient (Wildman–Crippen LogP) is 4.02. The maximum absolute atomic E-state index is 3.65. The highest BCUT2D eigenvalue weighted by atomic mass is 15.1. The molecule has 0 spiro atoms. The minimum atomic E-state index is 0.572. The van der Waals surface area contributed by atoms with Crippen LogP contribution in [0.5, 0.6) is 0 Å². The Bertz CT molecular complexity index is 399. The van der Waals surface area contributed by atoms with Gasteiger partial charge in [-0.2, -0.15) is 0 Å². The highest BCUT2D eigenvalue weighted by Crippen LogP contribution is 2.34. The summed E-state index contributed by atoms with van der Waals surface area (Å²) in [5.41, 5.74) is 2.94. The number of hydrogen-bond acceptors (Lipinski definition) is 2. The van der Waals surface area contributed by atoms with Crippen LogP contribution in [0, 0.1) is 5.92 Å². The van der Waals surface area contributed by atoms with Crippen LogP contribution in [0.2, 0.25) is 0 Å². The molecule has 2 heteroatoms. The van der Waals surface area contributed by atoms with Crippen LogP contribution in [-0.4, -0.2) is 31.6 Å². The first-order chi connectivity index (χ1) is 10.3. The molecule has 1 heterocycles. The number of benzene rings is 1. The Balaban J connectivity index is 2.14. The Kier molecular flexibility index (Phi) is 6.72. The van der Waals surface area contributed by atoms with E-state index in [1.165, 1.54) is 43.4 Å². The highest BCUT2D eigenvalue weighted by molar-refractivity contribution is 5.26. The topological polar surface area (TPSA) is 15.3 Å². The first-order valence-corrected chi connectivity index (χ1v) is 8.76. The van der Waals surface area contributed by atoms with Crippen molar-refractivity contribution in [1.82, 2.24) is 10.2 Å². The van der Waals surface area contributed by atoms with Crippen molar-refractivity contribution in [3.8, 4) is 0 Å². The molecule has 2 nitrogen and oxygen atoms in total. The van der Waals surface area contributed by atoms with Crippen LogP contribution in [0.4, 0.5) is 0 Å². The van der Waals surface area contributed by atoms with E-state index in [0.717, 1.165) is 25.4 Å². The summed E-state index contributed by atoms with van der Waals surface area (Å²) >= 11 is 0. The fourth-order valence-corrected chi connectivity index (χ4v) is 3.58. The van der Waals surface area contributed by atoms with Gasteiger partial charge in [0.25, 0.3) is 0 Å². The lowest BCUT2D eigenvalue weighted by molar-refractivity contribution is 0.189. The van der Waals surface area contributed by atoms with Gasteiger partial charge in [0.2, 0.25) is 0 Å². The second-order valence-corrected chi connectivity index (χ2v) is 6.48. The summed E-state index contributed by atoms with van der Waals surface area (Å²) in [6, 6.07) is 9.91. The maximum Gasteiger partial charge on any atom is 0.0385 e. The van der Waals surface area contributed by atoms with Gasteiger partial charge >= 0.3 is 0 Å². The Morgan fingerprint density at radius 3 is 2.57 bits per heavy atom. The number of hydrogen-bond donors (Lipinski definition) is 1. The number of rotatable bonds is 6. The van der Waals surface area contributed by atoms with Crippen LogP contribution < -0.4 is 5.32 Å². The lowest BCUT2D eigenvalue weighted by Crippen LogP contribution is -2.35. The molecule has 1 aromatic carbocycles. The summed E-state index contributed by atoms with van der Waals surface area (Å²) in [7, 11) is 2.30. The van der Waals surface area contributed by atoms with Gasteiger partial charge in [0.05, 0.1) is 0 Å². The molecule has 1 aliphatic heterocycles. The monoisotopic (exact) mass is 288 g/mol. The lowest BCUT2D eigenvalue weighted by atomic mass is 9.88. The fourth-order valence-electron chi connectivity index (χ4n) is 3.58. The Labute approximate surface area is 130 Å². The molecule has 0 radical (unpaired) electrons. The third-order valence-electron chi connectivity index (χ3n) is 4.82. The molecule has 0 amide bonds. The quantitative estimate of drug-likeness (QED) is 0.795. The van der Waals surface area contributed by atoms with Crippen molar-refractivity contribution >= 4 is 0 Å². The van der Waals surface area contributed by atoms with Gasteiger partial charge < -0.3 is 5.32 Å². The van der Waals surface area contributed by atoms with Crippen molar-refractivity contribution in [2.75, 3.05) is 26.7 Å². The molecule has 1 aliphatic rings. The fraction of sp³-hybridized carbons (Fsp3) is 0.684. The summed E-state index contributed by atoms with van der Waals surface area (Å²) in [6.07, 6.45) is 6.40. The lowest BCUT2D eigenvalue weighted by Gasteiger charge is -2.33. The van der Waals surface area contributed by atoms with Gasteiger partial charge in [0.1, 0.15) is 0 Å². The van der Waals surface area contributed by atoms with Gasteiger partial charge in [-0.25, -0.2) is 0 Å². The molecular formula is C19H32N2. The van der Waals surface area contributed by atoms with Gasteiger partial charge in [-0.15, -0.1) is 0 Å². The number of nitrogens with one attached hydrogen (secondary N) is 1. The molecule has 1 fully saturated rings. The minimum absolute atomic E-state index is 0.572.